The van der Waals surface area contributed by atoms with Gasteiger partial charge in [0.2, 0.25) is 0 Å². The predicted octanol–water partition coefficient (Wildman–Crippen LogP) is 0.780. The summed E-state index contributed by atoms with van der Waals surface area (Å²) in [5, 5.41) is 8.41. The lowest BCUT2D eigenvalue weighted by molar-refractivity contribution is 0.775. The normalized spacial score (nSPS) is 13.1. The maximum Gasteiger partial charge on any atom is 0.154 e. The van der Waals surface area contributed by atoms with Crippen molar-refractivity contribution in [2.45, 2.75) is 0 Å². The molecular weight excluding hydrogens is 200 g/mol. The summed E-state index contributed by atoms with van der Waals surface area (Å²) in [6.07, 6.45) is 3.89. The average molecular weight is 214 g/mol. The van der Waals surface area contributed by atoms with Crippen LogP contribution in [0.4, 0.5) is 0 Å². The van der Waals surface area contributed by atoms with Gasteiger partial charge in [-0.3, -0.25) is 0 Å². The molecule has 0 bridgehead atoms. The molecule has 0 aliphatic heterocycles. The predicted molar refractivity (Wildman–Crippen MR) is 62.0 cm³/mol. The van der Waals surface area contributed by atoms with Crippen LogP contribution >= 0.6 is 0 Å². The minimum Gasteiger partial charge on any atom is -0.335 e. The Hall–Kier alpha value is -2.10. The highest BCUT2D eigenvalue weighted by Crippen LogP contribution is 1.79. The van der Waals surface area contributed by atoms with Gasteiger partial charge in [-0.25, -0.2) is 0 Å². The van der Waals surface area contributed by atoms with Crippen LogP contribution in [0, 0.1) is 0 Å². The summed E-state index contributed by atoms with van der Waals surface area (Å²) in [7, 11) is 3.89. The Morgan fingerprint density at radius 2 is 1.19 bits per heavy atom. The van der Waals surface area contributed by atoms with Crippen molar-refractivity contribution in [1.82, 2.24) is 9.13 Å². The van der Waals surface area contributed by atoms with Crippen LogP contribution in [0.25, 0.3) is 0 Å². The third-order valence-electron chi connectivity index (χ3n) is 2.31. The third-order valence-corrected chi connectivity index (χ3v) is 2.31. The number of aromatic nitrogens is 2. The maximum atomic E-state index is 4.20. The van der Waals surface area contributed by atoms with Gasteiger partial charge >= 0.3 is 0 Å². The first-order valence-corrected chi connectivity index (χ1v) is 5.08. The molecule has 0 amide bonds. The first-order valence-electron chi connectivity index (χ1n) is 5.08. The molecule has 82 valence electrons. The van der Waals surface area contributed by atoms with E-state index in [-0.39, 0.29) is 0 Å². The fourth-order valence-corrected chi connectivity index (χ4v) is 1.34. The summed E-state index contributed by atoms with van der Waals surface area (Å²) in [6.45, 7) is 0. The van der Waals surface area contributed by atoms with Gasteiger partial charge in [-0.05, 0) is 24.3 Å². The standard InChI is InChI=1S/C12H14N4/c1-15-9-5-3-7-11(15)13-14-12-8-4-6-10-16(12)2/h3-10H,1-2H3/b13-11-,14-12-. The van der Waals surface area contributed by atoms with Crippen LogP contribution in [-0.2, 0) is 14.1 Å². The second kappa shape index (κ2) is 4.61. The van der Waals surface area contributed by atoms with Crippen molar-refractivity contribution in [3.05, 3.63) is 59.8 Å². The van der Waals surface area contributed by atoms with Crippen molar-refractivity contribution in [3.8, 4) is 0 Å². The molecule has 0 fully saturated rings. The highest BCUT2D eigenvalue weighted by Gasteiger charge is 1.85. The van der Waals surface area contributed by atoms with Gasteiger partial charge < -0.3 is 9.13 Å². The highest BCUT2D eigenvalue weighted by atomic mass is 15.3. The quantitative estimate of drug-likeness (QED) is 0.629. The summed E-state index contributed by atoms with van der Waals surface area (Å²) in [6, 6.07) is 11.7. The van der Waals surface area contributed by atoms with E-state index in [0.29, 0.717) is 0 Å². The van der Waals surface area contributed by atoms with Crippen molar-refractivity contribution >= 4 is 0 Å². The summed E-state index contributed by atoms with van der Waals surface area (Å²) in [5.74, 6) is 0. The molecule has 0 radical (unpaired) electrons. The van der Waals surface area contributed by atoms with Gasteiger partial charge in [0.1, 0.15) is 0 Å². The Balaban J connectivity index is 2.52. The lowest BCUT2D eigenvalue weighted by Gasteiger charge is -1.97. The van der Waals surface area contributed by atoms with Crippen molar-refractivity contribution < 1.29 is 0 Å². The van der Waals surface area contributed by atoms with Gasteiger partial charge in [-0.2, -0.15) is 0 Å². The molecular formula is C12H14N4. The van der Waals surface area contributed by atoms with Crippen LogP contribution in [0.3, 0.4) is 0 Å². The molecule has 0 aliphatic carbocycles. The van der Waals surface area contributed by atoms with Crippen LogP contribution in [0.1, 0.15) is 0 Å². The Morgan fingerprint density at radius 3 is 1.56 bits per heavy atom. The molecule has 2 aromatic rings. The number of aryl methyl sites for hydroxylation is 2. The molecule has 2 aromatic heterocycles. The van der Waals surface area contributed by atoms with Crippen molar-refractivity contribution in [3.63, 3.8) is 0 Å². The fraction of sp³-hybridized carbons (Fsp3) is 0.167. The zero-order chi connectivity index (χ0) is 11.4. The third kappa shape index (κ3) is 2.28. The first-order chi connectivity index (χ1) is 7.77. The van der Waals surface area contributed by atoms with Crippen LogP contribution in [0.15, 0.2) is 59.0 Å². The Bertz CT molecular complexity index is 549. The summed E-state index contributed by atoms with van der Waals surface area (Å²) in [4.78, 5) is 0. The molecule has 0 saturated carbocycles. The van der Waals surface area contributed by atoms with Crippen LogP contribution in [0.5, 0.6) is 0 Å². The van der Waals surface area contributed by atoms with Gasteiger partial charge in [0.15, 0.2) is 11.0 Å². The average Bonchev–Trinajstić information content (AvgIpc) is 2.30. The molecule has 16 heavy (non-hydrogen) atoms. The molecule has 2 rings (SSSR count). The molecule has 0 aromatic carbocycles. The van der Waals surface area contributed by atoms with Crippen LogP contribution in [0.2, 0.25) is 0 Å². The van der Waals surface area contributed by atoms with Crippen LogP contribution in [-0.4, -0.2) is 9.13 Å². The molecule has 0 spiro atoms. The van der Waals surface area contributed by atoms with E-state index in [2.05, 4.69) is 10.2 Å². The highest BCUT2D eigenvalue weighted by molar-refractivity contribution is 4.93. The van der Waals surface area contributed by atoms with E-state index >= 15 is 0 Å². The van der Waals surface area contributed by atoms with Crippen molar-refractivity contribution in [2.24, 2.45) is 24.3 Å². The van der Waals surface area contributed by atoms with Crippen LogP contribution < -0.4 is 11.0 Å². The second-order valence-corrected chi connectivity index (χ2v) is 3.54. The molecule has 4 nitrogen and oxygen atoms in total. The Morgan fingerprint density at radius 1 is 0.750 bits per heavy atom. The van der Waals surface area contributed by atoms with Crippen molar-refractivity contribution in [2.75, 3.05) is 0 Å². The summed E-state index contributed by atoms with van der Waals surface area (Å²) in [5.41, 5.74) is 1.65. The lowest BCUT2D eigenvalue weighted by Crippen LogP contribution is -2.18. The number of hydrogen-bond acceptors (Lipinski definition) is 2. The lowest BCUT2D eigenvalue weighted by atomic mass is 10.5. The van der Waals surface area contributed by atoms with Gasteiger partial charge in [0.05, 0.1) is 0 Å². The number of hydrogen-bond donors (Lipinski definition) is 0. The van der Waals surface area contributed by atoms with Gasteiger partial charge in [0.25, 0.3) is 0 Å². The molecule has 0 N–H and O–H groups in total. The Labute approximate surface area is 93.8 Å². The minimum absolute atomic E-state index is 0.825. The SMILES string of the molecule is Cn1cccc/c1=N/N=c1/ccccn1C. The van der Waals surface area contributed by atoms with E-state index in [1.807, 2.05) is 72.0 Å². The van der Waals surface area contributed by atoms with Gasteiger partial charge in [-0.1, -0.05) is 12.1 Å². The summed E-state index contributed by atoms with van der Waals surface area (Å²) < 4.78 is 3.85. The molecule has 4 heteroatoms. The topological polar surface area (TPSA) is 34.6 Å². The maximum absolute atomic E-state index is 4.20. The second-order valence-electron chi connectivity index (χ2n) is 3.54. The van der Waals surface area contributed by atoms with E-state index in [1.165, 1.54) is 0 Å². The fourth-order valence-electron chi connectivity index (χ4n) is 1.34. The summed E-state index contributed by atoms with van der Waals surface area (Å²) >= 11 is 0. The molecule has 0 aliphatic rings. The van der Waals surface area contributed by atoms with E-state index in [4.69, 9.17) is 0 Å². The zero-order valence-corrected chi connectivity index (χ0v) is 9.41. The Kier molecular flexibility index (Phi) is 3.00. The van der Waals surface area contributed by atoms with Gasteiger partial charge in [0, 0.05) is 26.5 Å². The molecule has 0 atom stereocenters. The molecule has 0 unspecified atom stereocenters. The van der Waals surface area contributed by atoms with E-state index in [0.717, 1.165) is 11.0 Å². The largest absolute Gasteiger partial charge is 0.335 e. The minimum atomic E-state index is 0.825. The molecule has 2 heterocycles. The molecule has 0 saturated heterocycles. The van der Waals surface area contributed by atoms with E-state index in [1.54, 1.807) is 0 Å². The monoisotopic (exact) mass is 214 g/mol. The smallest absolute Gasteiger partial charge is 0.154 e. The zero-order valence-electron chi connectivity index (χ0n) is 9.41. The van der Waals surface area contributed by atoms with Crippen molar-refractivity contribution in [1.29, 1.82) is 0 Å². The number of rotatable bonds is 1. The van der Waals surface area contributed by atoms with Gasteiger partial charge in [-0.15, -0.1) is 10.2 Å². The van der Waals surface area contributed by atoms with E-state index in [9.17, 15) is 0 Å². The first kappa shape index (κ1) is 10.4. The number of pyridine rings is 2. The number of nitrogens with zero attached hydrogens (tertiary/aromatic N) is 4. The van der Waals surface area contributed by atoms with E-state index < -0.39 is 0 Å².